The highest BCUT2D eigenvalue weighted by Gasteiger charge is 2.17. The van der Waals surface area contributed by atoms with Gasteiger partial charge in [-0.05, 0) is 26.0 Å². The van der Waals surface area contributed by atoms with Crippen molar-refractivity contribution in [1.29, 1.82) is 0 Å². The molecule has 0 saturated carbocycles. The zero-order valence-electron chi connectivity index (χ0n) is 13.6. The van der Waals surface area contributed by atoms with E-state index in [1.165, 1.54) is 11.9 Å². The predicted molar refractivity (Wildman–Crippen MR) is 89.4 cm³/mol. The number of halogens is 1. The SMILES string of the molecule is CCN(CC)C(=O)CN(C)C(=O)CNC(=O)c1ccccc1Cl. The molecule has 6 nitrogen and oxygen atoms in total. The number of carbonyl (C=O) groups excluding carboxylic acids is 3. The first-order valence-electron chi connectivity index (χ1n) is 7.45. The van der Waals surface area contributed by atoms with Gasteiger partial charge in [0.25, 0.3) is 5.91 Å². The molecule has 1 aromatic carbocycles. The summed E-state index contributed by atoms with van der Waals surface area (Å²) in [5, 5.41) is 2.83. The maximum absolute atomic E-state index is 12.0. The Balaban J connectivity index is 2.51. The number of amides is 3. The molecule has 0 unspecified atom stereocenters. The second-order valence-corrected chi connectivity index (χ2v) is 5.39. The van der Waals surface area contributed by atoms with E-state index in [1.54, 1.807) is 29.2 Å². The van der Waals surface area contributed by atoms with Crippen LogP contribution in [-0.4, -0.2) is 60.7 Å². The number of hydrogen-bond acceptors (Lipinski definition) is 3. The Morgan fingerprint density at radius 3 is 2.26 bits per heavy atom. The second kappa shape index (κ2) is 9.15. The molecule has 0 fully saturated rings. The summed E-state index contributed by atoms with van der Waals surface area (Å²) in [7, 11) is 1.53. The Labute approximate surface area is 141 Å². The molecule has 7 heteroatoms. The molecule has 0 aliphatic heterocycles. The summed E-state index contributed by atoms with van der Waals surface area (Å²) in [6, 6.07) is 6.59. The van der Waals surface area contributed by atoms with Gasteiger partial charge in [0.2, 0.25) is 11.8 Å². The van der Waals surface area contributed by atoms with Gasteiger partial charge in [-0.2, -0.15) is 0 Å². The van der Waals surface area contributed by atoms with Crippen molar-refractivity contribution < 1.29 is 14.4 Å². The Kier molecular flexibility index (Phi) is 7.54. The summed E-state index contributed by atoms with van der Waals surface area (Å²) >= 11 is 5.93. The number of nitrogens with zero attached hydrogens (tertiary/aromatic N) is 2. The van der Waals surface area contributed by atoms with Crippen molar-refractivity contribution in [2.45, 2.75) is 13.8 Å². The van der Waals surface area contributed by atoms with Crippen molar-refractivity contribution in [1.82, 2.24) is 15.1 Å². The Bertz CT molecular complexity index is 573. The van der Waals surface area contributed by atoms with Crippen LogP contribution in [0.2, 0.25) is 5.02 Å². The van der Waals surface area contributed by atoms with Gasteiger partial charge in [-0.3, -0.25) is 14.4 Å². The zero-order chi connectivity index (χ0) is 17.4. The van der Waals surface area contributed by atoms with E-state index in [1.807, 2.05) is 13.8 Å². The van der Waals surface area contributed by atoms with E-state index in [0.29, 0.717) is 23.7 Å². The zero-order valence-corrected chi connectivity index (χ0v) is 14.4. The fourth-order valence-corrected chi connectivity index (χ4v) is 2.22. The molecule has 0 atom stereocenters. The minimum atomic E-state index is -0.424. The van der Waals surface area contributed by atoms with Crippen molar-refractivity contribution in [3.63, 3.8) is 0 Å². The normalized spacial score (nSPS) is 10.1. The van der Waals surface area contributed by atoms with Crippen LogP contribution in [0.25, 0.3) is 0 Å². The largest absolute Gasteiger partial charge is 0.343 e. The minimum absolute atomic E-state index is 0.0114. The third-order valence-corrected chi connectivity index (χ3v) is 3.76. The summed E-state index contributed by atoms with van der Waals surface area (Å²) in [4.78, 5) is 38.9. The fraction of sp³-hybridized carbons (Fsp3) is 0.438. The second-order valence-electron chi connectivity index (χ2n) is 4.98. The Morgan fingerprint density at radius 1 is 1.09 bits per heavy atom. The third-order valence-electron chi connectivity index (χ3n) is 3.43. The highest BCUT2D eigenvalue weighted by molar-refractivity contribution is 6.33. The van der Waals surface area contributed by atoms with E-state index in [9.17, 15) is 14.4 Å². The molecule has 0 radical (unpaired) electrons. The van der Waals surface area contributed by atoms with Crippen molar-refractivity contribution in [2.24, 2.45) is 0 Å². The number of likely N-dealkylation sites (N-methyl/N-ethyl adjacent to an activating group) is 2. The van der Waals surface area contributed by atoms with Crippen molar-refractivity contribution >= 4 is 29.3 Å². The van der Waals surface area contributed by atoms with Crippen LogP contribution in [0.1, 0.15) is 24.2 Å². The molecule has 0 bridgehead atoms. The highest BCUT2D eigenvalue weighted by atomic mass is 35.5. The van der Waals surface area contributed by atoms with Crippen molar-refractivity contribution in [2.75, 3.05) is 33.2 Å². The van der Waals surface area contributed by atoms with Crippen LogP contribution in [-0.2, 0) is 9.59 Å². The van der Waals surface area contributed by atoms with E-state index >= 15 is 0 Å². The lowest BCUT2D eigenvalue weighted by Crippen LogP contribution is -2.44. The van der Waals surface area contributed by atoms with E-state index < -0.39 is 5.91 Å². The average Bonchev–Trinajstić information content (AvgIpc) is 2.53. The predicted octanol–water partition coefficient (Wildman–Crippen LogP) is 1.40. The monoisotopic (exact) mass is 339 g/mol. The van der Waals surface area contributed by atoms with Gasteiger partial charge in [0, 0.05) is 20.1 Å². The average molecular weight is 340 g/mol. The van der Waals surface area contributed by atoms with Gasteiger partial charge < -0.3 is 15.1 Å². The summed E-state index contributed by atoms with van der Waals surface area (Å²) in [5.41, 5.74) is 0.309. The molecule has 3 amide bonds. The number of rotatable bonds is 7. The molecule has 0 saturated heterocycles. The summed E-state index contributed by atoms with van der Waals surface area (Å²) < 4.78 is 0. The van der Waals surface area contributed by atoms with Crippen LogP contribution < -0.4 is 5.32 Å². The number of hydrogen-bond donors (Lipinski definition) is 1. The molecule has 126 valence electrons. The first-order valence-corrected chi connectivity index (χ1v) is 7.82. The quantitative estimate of drug-likeness (QED) is 0.816. The summed E-state index contributed by atoms with van der Waals surface area (Å²) in [5.74, 6) is -0.887. The molecule has 0 aromatic heterocycles. The molecule has 0 aliphatic rings. The van der Waals surface area contributed by atoms with E-state index in [-0.39, 0.29) is 24.9 Å². The van der Waals surface area contributed by atoms with Crippen LogP contribution in [0.5, 0.6) is 0 Å². The summed E-state index contributed by atoms with van der Waals surface area (Å²) in [6.07, 6.45) is 0. The highest BCUT2D eigenvalue weighted by Crippen LogP contribution is 2.14. The number of benzene rings is 1. The van der Waals surface area contributed by atoms with Crippen molar-refractivity contribution in [3.05, 3.63) is 34.9 Å². The fourth-order valence-electron chi connectivity index (χ4n) is 2.00. The van der Waals surface area contributed by atoms with Gasteiger partial charge in [-0.15, -0.1) is 0 Å². The van der Waals surface area contributed by atoms with E-state index in [2.05, 4.69) is 5.32 Å². The molecule has 1 rings (SSSR count). The van der Waals surface area contributed by atoms with Crippen LogP contribution in [0.4, 0.5) is 0 Å². The molecule has 0 spiro atoms. The first kappa shape index (κ1) is 19.0. The lowest BCUT2D eigenvalue weighted by atomic mass is 10.2. The van der Waals surface area contributed by atoms with Gasteiger partial charge >= 0.3 is 0 Å². The molecule has 23 heavy (non-hydrogen) atoms. The van der Waals surface area contributed by atoms with Gasteiger partial charge in [0.1, 0.15) is 0 Å². The van der Waals surface area contributed by atoms with Crippen molar-refractivity contribution in [3.8, 4) is 0 Å². The van der Waals surface area contributed by atoms with Gasteiger partial charge in [-0.1, -0.05) is 23.7 Å². The first-order chi connectivity index (χ1) is 10.9. The van der Waals surface area contributed by atoms with E-state index in [4.69, 9.17) is 11.6 Å². The van der Waals surface area contributed by atoms with Gasteiger partial charge in [0.15, 0.2) is 0 Å². The molecule has 0 aliphatic carbocycles. The minimum Gasteiger partial charge on any atom is -0.343 e. The lowest BCUT2D eigenvalue weighted by Gasteiger charge is -2.23. The van der Waals surface area contributed by atoms with Crippen LogP contribution >= 0.6 is 11.6 Å². The maximum atomic E-state index is 12.0. The molecular formula is C16H22ClN3O3. The van der Waals surface area contributed by atoms with E-state index in [0.717, 1.165) is 0 Å². The molecule has 0 heterocycles. The topological polar surface area (TPSA) is 69.7 Å². The standard InChI is InChI=1S/C16H22ClN3O3/c1-4-20(5-2)15(22)11-19(3)14(21)10-18-16(23)12-8-6-7-9-13(12)17/h6-9H,4-5,10-11H2,1-3H3,(H,18,23). The number of carbonyl (C=O) groups is 3. The number of nitrogens with one attached hydrogen (secondary N) is 1. The van der Waals surface area contributed by atoms with Crippen LogP contribution in [0.15, 0.2) is 24.3 Å². The molecule has 1 N–H and O–H groups in total. The summed E-state index contributed by atoms with van der Waals surface area (Å²) in [6.45, 7) is 4.76. The smallest absolute Gasteiger partial charge is 0.253 e. The van der Waals surface area contributed by atoms with Gasteiger partial charge in [0.05, 0.1) is 23.7 Å². The maximum Gasteiger partial charge on any atom is 0.253 e. The Hall–Kier alpha value is -2.08. The Morgan fingerprint density at radius 2 is 1.70 bits per heavy atom. The third kappa shape index (κ3) is 5.56. The van der Waals surface area contributed by atoms with Crippen LogP contribution in [0, 0.1) is 0 Å². The van der Waals surface area contributed by atoms with Gasteiger partial charge in [-0.25, -0.2) is 0 Å². The molecular weight excluding hydrogens is 318 g/mol. The van der Waals surface area contributed by atoms with Crippen LogP contribution in [0.3, 0.4) is 0 Å². The molecule has 1 aromatic rings. The lowest BCUT2D eigenvalue weighted by molar-refractivity contribution is -0.138.